The average molecular weight is 334 g/mol. The van der Waals surface area contributed by atoms with Gasteiger partial charge in [0, 0.05) is 30.0 Å². The van der Waals surface area contributed by atoms with Crippen LogP contribution in [0.1, 0.15) is 12.8 Å². The van der Waals surface area contributed by atoms with E-state index in [2.05, 4.69) is 30.5 Å². The Morgan fingerprint density at radius 1 is 1.33 bits per heavy atom. The Kier molecular flexibility index (Phi) is 4.71. The van der Waals surface area contributed by atoms with Crippen molar-refractivity contribution in [2.45, 2.75) is 17.7 Å². The second-order valence-corrected chi connectivity index (χ2v) is 6.97. The molecule has 1 saturated heterocycles. The van der Waals surface area contributed by atoms with Gasteiger partial charge in [-0.3, -0.25) is 4.98 Å². The number of likely N-dealkylation sites (tertiary alicyclic amines) is 1. The highest BCUT2D eigenvalue weighted by atomic mass is 79.9. The molecule has 1 aliphatic rings. The number of hydrogen-bond donors (Lipinski definition) is 1. The number of rotatable bonds is 5. The summed E-state index contributed by atoms with van der Waals surface area (Å²) in [6.45, 7) is 3.34. The zero-order chi connectivity index (χ0) is 13.0. The first-order chi connectivity index (χ1) is 8.58. The molecular formula is C11H16BrN3O2S. The fourth-order valence-electron chi connectivity index (χ4n) is 1.97. The highest BCUT2D eigenvalue weighted by Gasteiger charge is 2.16. The van der Waals surface area contributed by atoms with E-state index >= 15 is 0 Å². The molecule has 18 heavy (non-hydrogen) atoms. The lowest BCUT2D eigenvalue weighted by Crippen LogP contribution is -2.33. The molecule has 1 aromatic heterocycles. The lowest BCUT2D eigenvalue weighted by Gasteiger charge is -2.14. The van der Waals surface area contributed by atoms with Crippen molar-refractivity contribution in [1.82, 2.24) is 14.6 Å². The molecule has 5 nitrogen and oxygen atoms in total. The van der Waals surface area contributed by atoms with E-state index in [0.717, 1.165) is 19.6 Å². The lowest BCUT2D eigenvalue weighted by atomic mass is 10.4. The minimum absolute atomic E-state index is 0.193. The summed E-state index contributed by atoms with van der Waals surface area (Å²) in [5.41, 5.74) is 0. The highest BCUT2D eigenvalue weighted by molar-refractivity contribution is 9.10. The van der Waals surface area contributed by atoms with E-state index in [1.54, 1.807) is 12.3 Å². The number of hydrogen-bond acceptors (Lipinski definition) is 4. The Morgan fingerprint density at radius 3 is 2.72 bits per heavy atom. The van der Waals surface area contributed by atoms with Crippen LogP contribution in [-0.2, 0) is 10.0 Å². The van der Waals surface area contributed by atoms with Gasteiger partial charge in [-0.1, -0.05) is 0 Å². The van der Waals surface area contributed by atoms with Crippen LogP contribution in [0.4, 0.5) is 0 Å². The summed E-state index contributed by atoms with van der Waals surface area (Å²) in [5, 5.41) is 0. The molecule has 2 heterocycles. The van der Waals surface area contributed by atoms with Crippen molar-refractivity contribution in [3.8, 4) is 0 Å². The van der Waals surface area contributed by atoms with Crippen LogP contribution in [0.2, 0.25) is 0 Å². The predicted molar refractivity (Wildman–Crippen MR) is 72.8 cm³/mol. The van der Waals surface area contributed by atoms with Crippen LogP contribution < -0.4 is 4.72 Å². The Morgan fingerprint density at radius 2 is 2.06 bits per heavy atom. The molecule has 1 N–H and O–H groups in total. The van der Waals surface area contributed by atoms with Gasteiger partial charge >= 0.3 is 0 Å². The molecule has 0 aromatic carbocycles. The average Bonchev–Trinajstić information content (AvgIpc) is 2.82. The molecule has 0 amide bonds. The Labute approximate surface area is 116 Å². The topological polar surface area (TPSA) is 62.3 Å². The van der Waals surface area contributed by atoms with Gasteiger partial charge in [-0.05, 0) is 47.9 Å². The number of sulfonamides is 1. The maximum atomic E-state index is 12.0. The van der Waals surface area contributed by atoms with Gasteiger partial charge in [0.1, 0.15) is 4.90 Å². The van der Waals surface area contributed by atoms with Crippen LogP contribution in [-0.4, -0.2) is 44.5 Å². The SMILES string of the molecule is O=S(=O)(NCCN1CCCC1)c1cncc(Br)c1. The summed E-state index contributed by atoms with van der Waals surface area (Å²) in [7, 11) is -3.44. The summed E-state index contributed by atoms with van der Waals surface area (Å²) in [5.74, 6) is 0. The van der Waals surface area contributed by atoms with Crippen LogP contribution in [0.15, 0.2) is 27.8 Å². The molecule has 0 atom stereocenters. The van der Waals surface area contributed by atoms with Gasteiger partial charge < -0.3 is 4.90 Å². The lowest BCUT2D eigenvalue weighted by molar-refractivity contribution is 0.344. The van der Waals surface area contributed by atoms with E-state index in [4.69, 9.17) is 0 Å². The number of pyridine rings is 1. The molecule has 0 bridgehead atoms. The van der Waals surface area contributed by atoms with Gasteiger partial charge in [-0.2, -0.15) is 0 Å². The van der Waals surface area contributed by atoms with Crippen molar-refractivity contribution in [3.63, 3.8) is 0 Å². The fraction of sp³-hybridized carbons (Fsp3) is 0.545. The summed E-state index contributed by atoms with van der Waals surface area (Å²) in [6.07, 6.45) is 5.33. The van der Waals surface area contributed by atoms with Crippen LogP contribution in [0.5, 0.6) is 0 Å². The molecule has 1 aliphatic heterocycles. The Hall–Kier alpha value is -0.500. The molecule has 0 aliphatic carbocycles. The first kappa shape index (κ1) is 13.9. The van der Waals surface area contributed by atoms with Crippen LogP contribution in [0.3, 0.4) is 0 Å². The quantitative estimate of drug-likeness (QED) is 0.880. The standard InChI is InChI=1S/C11H16BrN3O2S/c12-10-7-11(9-13-8-10)18(16,17)14-3-6-15-4-1-2-5-15/h7-9,14H,1-6H2. The van der Waals surface area contributed by atoms with Crippen molar-refractivity contribution >= 4 is 26.0 Å². The monoisotopic (exact) mass is 333 g/mol. The molecule has 100 valence electrons. The van der Waals surface area contributed by atoms with E-state index in [-0.39, 0.29) is 4.90 Å². The first-order valence-corrected chi connectivity index (χ1v) is 8.18. The van der Waals surface area contributed by atoms with Gasteiger partial charge in [0.25, 0.3) is 0 Å². The Bertz CT molecular complexity index is 501. The molecule has 0 spiro atoms. The summed E-state index contributed by atoms with van der Waals surface area (Å²) < 4.78 is 27.2. The van der Waals surface area contributed by atoms with Crippen molar-refractivity contribution in [1.29, 1.82) is 0 Å². The van der Waals surface area contributed by atoms with Gasteiger partial charge in [0.2, 0.25) is 10.0 Å². The van der Waals surface area contributed by atoms with Crippen LogP contribution >= 0.6 is 15.9 Å². The van der Waals surface area contributed by atoms with Gasteiger partial charge in [0.15, 0.2) is 0 Å². The molecular weight excluding hydrogens is 318 g/mol. The third-order valence-corrected chi connectivity index (χ3v) is 4.77. The van der Waals surface area contributed by atoms with Gasteiger partial charge in [-0.25, -0.2) is 13.1 Å². The van der Waals surface area contributed by atoms with Crippen molar-refractivity contribution in [2.75, 3.05) is 26.2 Å². The third-order valence-electron chi connectivity index (χ3n) is 2.91. The highest BCUT2D eigenvalue weighted by Crippen LogP contribution is 2.14. The van der Waals surface area contributed by atoms with Gasteiger partial charge in [-0.15, -0.1) is 0 Å². The second-order valence-electron chi connectivity index (χ2n) is 4.29. The molecule has 0 unspecified atom stereocenters. The molecule has 0 radical (unpaired) electrons. The normalized spacial score (nSPS) is 17.2. The van der Waals surface area contributed by atoms with E-state index in [9.17, 15) is 8.42 Å². The maximum Gasteiger partial charge on any atom is 0.242 e. The molecule has 0 saturated carbocycles. The smallest absolute Gasteiger partial charge is 0.242 e. The number of halogens is 1. The van der Waals surface area contributed by atoms with Gasteiger partial charge in [0.05, 0.1) is 0 Å². The molecule has 1 aromatic rings. The van der Waals surface area contributed by atoms with E-state index in [0.29, 0.717) is 11.0 Å². The minimum atomic E-state index is -3.44. The second kappa shape index (κ2) is 6.10. The zero-order valence-corrected chi connectivity index (χ0v) is 12.4. The first-order valence-electron chi connectivity index (χ1n) is 5.90. The summed E-state index contributed by atoms with van der Waals surface area (Å²) >= 11 is 3.21. The largest absolute Gasteiger partial charge is 0.302 e. The molecule has 1 fully saturated rings. The van der Waals surface area contributed by atoms with Crippen molar-refractivity contribution in [2.24, 2.45) is 0 Å². The number of aromatic nitrogens is 1. The van der Waals surface area contributed by atoms with E-state index in [1.807, 2.05) is 0 Å². The third kappa shape index (κ3) is 3.74. The maximum absolute atomic E-state index is 12.0. The molecule has 2 rings (SSSR count). The molecule has 7 heteroatoms. The zero-order valence-electron chi connectivity index (χ0n) is 9.97. The Balaban J connectivity index is 1.90. The van der Waals surface area contributed by atoms with E-state index in [1.165, 1.54) is 19.0 Å². The number of nitrogens with zero attached hydrogens (tertiary/aromatic N) is 2. The van der Waals surface area contributed by atoms with Crippen LogP contribution in [0, 0.1) is 0 Å². The van der Waals surface area contributed by atoms with Crippen molar-refractivity contribution < 1.29 is 8.42 Å². The summed E-state index contributed by atoms with van der Waals surface area (Å²) in [6, 6.07) is 1.55. The fourth-order valence-corrected chi connectivity index (χ4v) is 3.49. The van der Waals surface area contributed by atoms with E-state index < -0.39 is 10.0 Å². The summed E-state index contributed by atoms with van der Waals surface area (Å²) in [4.78, 5) is 6.32. The predicted octanol–water partition coefficient (Wildman–Crippen LogP) is 1.22. The van der Waals surface area contributed by atoms with Crippen molar-refractivity contribution in [3.05, 3.63) is 22.9 Å². The number of nitrogens with one attached hydrogen (secondary N) is 1. The van der Waals surface area contributed by atoms with Crippen LogP contribution in [0.25, 0.3) is 0 Å². The minimum Gasteiger partial charge on any atom is -0.302 e.